The molecule has 0 radical (unpaired) electrons. The Morgan fingerprint density at radius 3 is 1.21 bits per heavy atom. The molecule has 24 heavy (non-hydrogen) atoms. The van der Waals surface area contributed by atoms with Crippen LogP contribution in [-0.2, 0) is 0 Å². The number of hydrogen-bond acceptors (Lipinski definition) is 2. The fourth-order valence-electron chi connectivity index (χ4n) is 2.26. The molecule has 0 saturated heterocycles. The second-order valence-electron chi connectivity index (χ2n) is 5.40. The van der Waals surface area contributed by atoms with Gasteiger partial charge in [-0.05, 0) is 34.4 Å². The van der Waals surface area contributed by atoms with Crippen molar-refractivity contribution in [2.75, 3.05) is 0 Å². The highest BCUT2D eigenvalue weighted by molar-refractivity contribution is 5.77. The molecule has 0 N–H and O–H groups in total. The zero-order valence-corrected chi connectivity index (χ0v) is 13.2. The van der Waals surface area contributed by atoms with Gasteiger partial charge in [0.1, 0.15) is 6.29 Å². The second kappa shape index (κ2) is 7.84. The van der Waals surface area contributed by atoms with Crippen molar-refractivity contribution in [1.29, 1.82) is 0 Å². The first kappa shape index (κ1) is 15.6. The topological polar surface area (TPSA) is 30.0 Å². The van der Waals surface area contributed by atoms with E-state index in [9.17, 15) is 4.79 Å². The average Bonchev–Trinajstić information content (AvgIpc) is 2.67. The van der Waals surface area contributed by atoms with Crippen LogP contribution < -0.4 is 0 Å². The normalized spacial score (nSPS) is 11.2. The molecule has 0 spiro atoms. The molecule has 0 saturated carbocycles. The van der Waals surface area contributed by atoms with Gasteiger partial charge in [-0.1, -0.05) is 72.8 Å². The van der Waals surface area contributed by atoms with Crippen molar-refractivity contribution in [3.63, 3.8) is 0 Å². The standard InChI is InChI=1S/C22H17NO/c24-17-22-11-9-20(10-12-22)6-5-18-1-3-19(4-2-18)7-8-21-13-15-23-16-14-21/h1-17H. The van der Waals surface area contributed by atoms with Crippen LogP contribution in [0.1, 0.15) is 32.6 Å². The maximum absolute atomic E-state index is 10.6. The predicted molar refractivity (Wildman–Crippen MR) is 100 cm³/mol. The lowest BCUT2D eigenvalue weighted by Gasteiger charge is -1.98. The monoisotopic (exact) mass is 311 g/mol. The Bertz CT molecular complexity index is 845. The Kier molecular flexibility index (Phi) is 5.10. The van der Waals surface area contributed by atoms with E-state index >= 15 is 0 Å². The first-order valence-corrected chi connectivity index (χ1v) is 7.75. The molecular weight excluding hydrogens is 294 g/mol. The lowest BCUT2D eigenvalue weighted by molar-refractivity contribution is 0.112. The van der Waals surface area contributed by atoms with Gasteiger partial charge in [-0.3, -0.25) is 9.78 Å². The third kappa shape index (κ3) is 4.37. The molecule has 3 rings (SSSR count). The second-order valence-corrected chi connectivity index (χ2v) is 5.40. The summed E-state index contributed by atoms with van der Waals surface area (Å²) in [7, 11) is 0. The summed E-state index contributed by atoms with van der Waals surface area (Å²) in [6, 6.07) is 19.8. The lowest BCUT2D eigenvalue weighted by atomic mass is 10.1. The van der Waals surface area contributed by atoms with E-state index in [0.717, 1.165) is 28.5 Å². The Balaban J connectivity index is 1.66. The van der Waals surface area contributed by atoms with Gasteiger partial charge in [0, 0.05) is 18.0 Å². The minimum Gasteiger partial charge on any atom is -0.298 e. The molecule has 0 aliphatic rings. The summed E-state index contributed by atoms with van der Waals surface area (Å²) in [5.74, 6) is 0. The molecule has 0 fully saturated rings. The van der Waals surface area contributed by atoms with E-state index < -0.39 is 0 Å². The minimum absolute atomic E-state index is 0.692. The lowest BCUT2D eigenvalue weighted by Crippen LogP contribution is -1.79. The quantitative estimate of drug-likeness (QED) is 0.477. The summed E-state index contributed by atoms with van der Waals surface area (Å²) in [5.41, 5.74) is 5.18. The molecule has 116 valence electrons. The Morgan fingerprint density at radius 2 is 0.833 bits per heavy atom. The van der Waals surface area contributed by atoms with Crippen molar-refractivity contribution in [2.24, 2.45) is 0 Å². The van der Waals surface area contributed by atoms with Crippen molar-refractivity contribution >= 4 is 30.6 Å². The number of aldehydes is 1. The molecule has 0 aliphatic carbocycles. The van der Waals surface area contributed by atoms with Crippen LogP contribution >= 0.6 is 0 Å². The predicted octanol–water partition coefficient (Wildman–Crippen LogP) is 5.23. The number of rotatable bonds is 5. The van der Waals surface area contributed by atoms with E-state index in [4.69, 9.17) is 0 Å². The maximum Gasteiger partial charge on any atom is 0.150 e. The van der Waals surface area contributed by atoms with Gasteiger partial charge in [-0.2, -0.15) is 0 Å². The summed E-state index contributed by atoms with van der Waals surface area (Å²) in [5, 5.41) is 0. The molecule has 2 heteroatoms. The van der Waals surface area contributed by atoms with Gasteiger partial charge >= 0.3 is 0 Å². The van der Waals surface area contributed by atoms with Gasteiger partial charge < -0.3 is 0 Å². The third-order valence-corrected chi connectivity index (χ3v) is 3.65. The fraction of sp³-hybridized carbons (Fsp3) is 0. The van der Waals surface area contributed by atoms with Crippen LogP contribution in [0.4, 0.5) is 0 Å². The largest absolute Gasteiger partial charge is 0.298 e. The Hall–Kier alpha value is -3.26. The van der Waals surface area contributed by atoms with Crippen molar-refractivity contribution in [2.45, 2.75) is 0 Å². The number of carbonyl (C=O) groups is 1. The van der Waals surface area contributed by atoms with Crippen LogP contribution in [0.2, 0.25) is 0 Å². The molecule has 0 amide bonds. The van der Waals surface area contributed by atoms with E-state index in [1.165, 1.54) is 0 Å². The van der Waals surface area contributed by atoms with Crippen LogP contribution in [0.15, 0.2) is 73.1 Å². The van der Waals surface area contributed by atoms with Crippen LogP contribution in [0, 0.1) is 0 Å². The smallest absolute Gasteiger partial charge is 0.150 e. The summed E-state index contributed by atoms with van der Waals surface area (Å²) < 4.78 is 0. The van der Waals surface area contributed by atoms with Crippen molar-refractivity contribution in [3.05, 3.63) is 101 Å². The minimum atomic E-state index is 0.692. The SMILES string of the molecule is O=Cc1ccc(C=Cc2ccc(C=Cc3ccncc3)cc2)cc1. The zero-order chi connectivity index (χ0) is 16.6. The summed E-state index contributed by atoms with van der Waals surface area (Å²) in [6.45, 7) is 0. The number of aromatic nitrogens is 1. The van der Waals surface area contributed by atoms with Crippen molar-refractivity contribution in [1.82, 2.24) is 4.98 Å². The van der Waals surface area contributed by atoms with E-state index in [1.54, 1.807) is 12.4 Å². The first-order valence-electron chi connectivity index (χ1n) is 7.75. The number of nitrogens with zero attached hydrogens (tertiary/aromatic N) is 1. The molecular formula is C22H17NO. The van der Waals surface area contributed by atoms with Crippen LogP contribution in [0.3, 0.4) is 0 Å². The third-order valence-electron chi connectivity index (χ3n) is 3.65. The van der Waals surface area contributed by atoms with Crippen molar-refractivity contribution in [3.8, 4) is 0 Å². The van der Waals surface area contributed by atoms with Gasteiger partial charge in [-0.15, -0.1) is 0 Å². The number of pyridine rings is 1. The van der Waals surface area contributed by atoms with Gasteiger partial charge in [-0.25, -0.2) is 0 Å². The van der Waals surface area contributed by atoms with E-state index in [2.05, 4.69) is 47.5 Å². The van der Waals surface area contributed by atoms with Gasteiger partial charge in [0.25, 0.3) is 0 Å². The van der Waals surface area contributed by atoms with Crippen LogP contribution in [-0.4, -0.2) is 11.3 Å². The maximum atomic E-state index is 10.6. The van der Waals surface area contributed by atoms with E-state index in [1.807, 2.05) is 42.5 Å². The molecule has 0 aliphatic heterocycles. The summed E-state index contributed by atoms with van der Waals surface area (Å²) in [4.78, 5) is 14.7. The molecule has 0 atom stereocenters. The van der Waals surface area contributed by atoms with Crippen LogP contribution in [0.5, 0.6) is 0 Å². The zero-order valence-electron chi connectivity index (χ0n) is 13.2. The molecule has 0 unspecified atom stereocenters. The molecule has 2 aromatic carbocycles. The summed E-state index contributed by atoms with van der Waals surface area (Å²) in [6.07, 6.45) is 12.7. The first-order chi connectivity index (χ1) is 11.8. The Morgan fingerprint density at radius 1 is 0.500 bits per heavy atom. The highest BCUT2D eigenvalue weighted by Crippen LogP contribution is 2.12. The molecule has 1 heterocycles. The number of benzene rings is 2. The van der Waals surface area contributed by atoms with Crippen molar-refractivity contribution < 1.29 is 4.79 Å². The highest BCUT2D eigenvalue weighted by Gasteiger charge is 1.92. The fourth-order valence-corrected chi connectivity index (χ4v) is 2.26. The average molecular weight is 311 g/mol. The molecule has 3 aromatic rings. The summed E-state index contributed by atoms with van der Waals surface area (Å²) >= 11 is 0. The number of carbonyl (C=O) groups excluding carboxylic acids is 1. The van der Waals surface area contributed by atoms with Gasteiger partial charge in [0.15, 0.2) is 0 Å². The molecule has 1 aromatic heterocycles. The van der Waals surface area contributed by atoms with E-state index in [-0.39, 0.29) is 0 Å². The highest BCUT2D eigenvalue weighted by atomic mass is 16.1. The van der Waals surface area contributed by atoms with Gasteiger partial charge in [0.05, 0.1) is 0 Å². The number of hydrogen-bond donors (Lipinski definition) is 0. The van der Waals surface area contributed by atoms with Crippen LogP contribution in [0.25, 0.3) is 24.3 Å². The van der Waals surface area contributed by atoms with Gasteiger partial charge in [0.2, 0.25) is 0 Å². The molecule has 2 nitrogen and oxygen atoms in total. The Labute approximate surface area is 141 Å². The molecule has 0 bridgehead atoms. The van der Waals surface area contributed by atoms with E-state index in [0.29, 0.717) is 5.56 Å².